The molecule has 3 heteroatoms. The molecule has 10 heavy (non-hydrogen) atoms. The van der Waals surface area contributed by atoms with Gasteiger partial charge in [-0.25, -0.2) is 0 Å². The fourth-order valence-electron chi connectivity index (χ4n) is 0.354. The molecule has 0 fully saturated rings. The lowest BCUT2D eigenvalue weighted by atomic mass is 10.1. The van der Waals surface area contributed by atoms with Gasteiger partial charge in [0, 0.05) is 18.2 Å². The molecular formula is C7H15NOS. The van der Waals surface area contributed by atoms with Gasteiger partial charge in [0.15, 0.2) is 5.12 Å². The minimum absolute atomic E-state index is 0.0658. The molecule has 60 valence electrons. The lowest BCUT2D eigenvalue weighted by Gasteiger charge is -2.22. The molecule has 0 spiro atoms. The summed E-state index contributed by atoms with van der Waals surface area (Å²) in [5, 5.41) is 3.31. The molecule has 0 aliphatic rings. The zero-order valence-electron chi connectivity index (χ0n) is 7.02. The van der Waals surface area contributed by atoms with E-state index in [0.717, 1.165) is 5.75 Å². The summed E-state index contributed by atoms with van der Waals surface area (Å²) in [5.41, 5.74) is 0.0658. The fraction of sp³-hybridized carbons (Fsp3) is 0.857. The topological polar surface area (TPSA) is 29.1 Å². The minimum Gasteiger partial charge on any atom is -0.314 e. The molecule has 0 aromatic rings. The molecule has 0 unspecified atom stereocenters. The predicted octanol–water partition coefficient (Wildman–Crippen LogP) is 1.26. The van der Waals surface area contributed by atoms with Crippen molar-refractivity contribution in [2.24, 2.45) is 0 Å². The lowest BCUT2D eigenvalue weighted by Crippen LogP contribution is -2.38. The Kier molecular flexibility index (Phi) is 3.98. The van der Waals surface area contributed by atoms with Crippen LogP contribution in [0.25, 0.3) is 0 Å². The minimum atomic E-state index is 0.0658. The molecule has 0 saturated carbocycles. The Labute approximate surface area is 66.8 Å². The first-order valence-corrected chi connectivity index (χ1v) is 4.29. The monoisotopic (exact) mass is 161 g/mol. The normalized spacial score (nSPS) is 11.6. The second-order valence-electron chi connectivity index (χ2n) is 2.91. The van der Waals surface area contributed by atoms with E-state index in [1.807, 2.05) is 7.05 Å². The Morgan fingerprint density at radius 3 is 2.40 bits per heavy atom. The van der Waals surface area contributed by atoms with E-state index in [-0.39, 0.29) is 10.7 Å². The number of thioether (sulfide) groups is 1. The van der Waals surface area contributed by atoms with Crippen molar-refractivity contribution >= 4 is 16.9 Å². The summed E-state index contributed by atoms with van der Waals surface area (Å²) in [5.74, 6) is 0.832. The summed E-state index contributed by atoms with van der Waals surface area (Å²) in [6.45, 7) is 5.74. The molecule has 0 aromatic carbocycles. The van der Waals surface area contributed by atoms with Crippen molar-refractivity contribution in [3.8, 4) is 0 Å². The summed E-state index contributed by atoms with van der Waals surface area (Å²) in [6, 6.07) is 0. The maximum atomic E-state index is 10.5. The smallest absolute Gasteiger partial charge is 0.185 e. The van der Waals surface area contributed by atoms with E-state index in [1.54, 1.807) is 6.92 Å². The highest BCUT2D eigenvalue weighted by molar-refractivity contribution is 8.13. The Bertz CT molecular complexity index is 123. The third kappa shape index (κ3) is 4.82. The van der Waals surface area contributed by atoms with E-state index in [1.165, 1.54) is 11.8 Å². The predicted molar refractivity (Wildman–Crippen MR) is 46.3 cm³/mol. The first kappa shape index (κ1) is 9.98. The van der Waals surface area contributed by atoms with Gasteiger partial charge in [-0.1, -0.05) is 11.8 Å². The summed E-state index contributed by atoms with van der Waals surface area (Å²) >= 11 is 1.36. The van der Waals surface area contributed by atoms with Gasteiger partial charge in [0.05, 0.1) is 0 Å². The van der Waals surface area contributed by atoms with Crippen LogP contribution in [0.1, 0.15) is 20.8 Å². The third-order valence-electron chi connectivity index (χ3n) is 1.31. The fourth-order valence-corrected chi connectivity index (χ4v) is 1.06. The van der Waals surface area contributed by atoms with Crippen molar-refractivity contribution in [3.05, 3.63) is 0 Å². The molecule has 0 aliphatic heterocycles. The largest absolute Gasteiger partial charge is 0.314 e. The maximum Gasteiger partial charge on any atom is 0.185 e. The third-order valence-corrected chi connectivity index (χ3v) is 2.59. The Morgan fingerprint density at radius 1 is 1.60 bits per heavy atom. The molecule has 0 heterocycles. The molecule has 0 aliphatic carbocycles. The van der Waals surface area contributed by atoms with Crippen LogP contribution in [0.3, 0.4) is 0 Å². The number of hydrogen-bond acceptors (Lipinski definition) is 3. The van der Waals surface area contributed by atoms with Crippen LogP contribution in [0.2, 0.25) is 0 Å². The van der Waals surface area contributed by atoms with Crippen LogP contribution in [0.5, 0.6) is 0 Å². The first-order chi connectivity index (χ1) is 4.48. The highest BCUT2D eigenvalue weighted by atomic mass is 32.2. The summed E-state index contributed by atoms with van der Waals surface area (Å²) in [6.07, 6.45) is 0. The van der Waals surface area contributed by atoms with Gasteiger partial charge in [0.1, 0.15) is 0 Å². The van der Waals surface area contributed by atoms with Gasteiger partial charge >= 0.3 is 0 Å². The van der Waals surface area contributed by atoms with Crippen molar-refractivity contribution in [2.45, 2.75) is 26.3 Å². The molecule has 0 aromatic heterocycles. The quantitative estimate of drug-likeness (QED) is 0.675. The van der Waals surface area contributed by atoms with Gasteiger partial charge < -0.3 is 5.32 Å². The Morgan fingerprint density at radius 2 is 2.10 bits per heavy atom. The highest BCUT2D eigenvalue weighted by Crippen LogP contribution is 2.11. The molecule has 0 rings (SSSR count). The Balaban J connectivity index is 3.56. The van der Waals surface area contributed by atoms with Crippen LogP contribution >= 0.6 is 11.8 Å². The van der Waals surface area contributed by atoms with Crippen molar-refractivity contribution in [1.29, 1.82) is 0 Å². The van der Waals surface area contributed by atoms with E-state index in [0.29, 0.717) is 0 Å². The summed E-state index contributed by atoms with van der Waals surface area (Å²) < 4.78 is 0. The molecule has 0 amide bonds. The molecule has 2 nitrogen and oxygen atoms in total. The van der Waals surface area contributed by atoms with Gasteiger partial charge in [-0.3, -0.25) is 4.79 Å². The second kappa shape index (κ2) is 3.98. The molecule has 0 atom stereocenters. The van der Waals surface area contributed by atoms with Gasteiger partial charge in [0.2, 0.25) is 0 Å². The molecule has 0 saturated heterocycles. The van der Waals surface area contributed by atoms with E-state index in [9.17, 15) is 4.79 Å². The number of carbonyl (C=O) groups is 1. The van der Waals surface area contributed by atoms with Gasteiger partial charge in [-0.2, -0.15) is 0 Å². The number of hydrogen-bond donors (Lipinski definition) is 1. The number of carbonyl (C=O) groups excluding carboxylic acids is 1. The average molecular weight is 161 g/mol. The van der Waals surface area contributed by atoms with Gasteiger partial charge in [-0.15, -0.1) is 0 Å². The van der Waals surface area contributed by atoms with E-state index in [2.05, 4.69) is 19.2 Å². The van der Waals surface area contributed by atoms with Gasteiger partial charge in [-0.05, 0) is 20.9 Å². The van der Waals surface area contributed by atoms with Crippen LogP contribution in [0, 0.1) is 0 Å². The standard InChI is InChI=1S/C7H15NOS/c1-6(9)10-5-7(2,3)8-4/h8H,5H2,1-4H3. The number of rotatable bonds is 3. The number of nitrogens with one attached hydrogen (secondary N) is 1. The van der Waals surface area contributed by atoms with E-state index in [4.69, 9.17) is 0 Å². The summed E-state index contributed by atoms with van der Waals surface area (Å²) in [7, 11) is 1.90. The average Bonchev–Trinajstić information content (AvgIpc) is 1.85. The zero-order chi connectivity index (χ0) is 8.20. The maximum absolute atomic E-state index is 10.5. The SMILES string of the molecule is CNC(C)(C)CSC(C)=O. The van der Waals surface area contributed by atoms with Crippen molar-refractivity contribution in [2.75, 3.05) is 12.8 Å². The lowest BCUT2D eigenvalue weighted by molar-refractivity contribution is -0.109. The molecule has 1 N–H and O–H groups in total. The highest BCUT2D eigenvalue weighted by Gasteiger charge is 2.14. The van der Waals surface area contributed by atoms with Crippen LogP contribution in [-0.2, 0) is 4.79 Å². The van der Waals surface area contributed by atoms with E-state index >= 15 is 0 Å². The van der Waals surface area contributed by atoms with Crippen molar-refractivity contribution in [3.63, 3.8) is 0 Å². The van der Waals surface area contributed by atoms with Crippen LogP contribution in [0.4, 0.5) is 0 Å². The summed E-state index contributed by atoms with van der Waals surface area (Å²) in [4.78, 5) is 10.5. The molecular weight excluding hydrogens is 146 g/mol. The molecule has 0 bridgehead atoms. The molecule has 0 radical (unpaired) electrons. The van der Waals surface area contributed by atoms with Crippen LogP contribution in [0.15, 0.2) is 0 Å². The first-order valence-electron chi connectivity index (χ1n) is 3.30. The zero-order valence-corrected chi connectivity index (χ0v) is 7.84. The van der Waals surface area contributed by atoms with Crippen LogP contribution < -0.4 is 5.32 Å². The van der Waals surface area contributed by atoms with Crippen molar-refractivity contribution in [1.82, 2.24) is 5.32 Å². The Hall–Kier alpha value is -0.0200. The second-order valence-corrected chi connectivity index (χ2v) is 4.07. The van der Waals surface area contributed by atoms with E-state index < -0.39 is 0 Å². The van der Waals surface area contributed by atoms with Gasteiger partial charge in [0.25, 0.3) is 0 Å². The van der Waals surface area contributed by atoms with Crippen LogP contribution in [-0.4, -0.2) is 23.5 Å². The van der Waals surface area contributed by atoms with Crippen molar-refractivity contribution < 1.29 is 4.79 Å².